The number of sulfonamides is 1. The maximum Gasteiger partial charge on any atom is 0.237 e. The van der Waals surface area contributed by atoms with Gasteiger partial charge in [-0.25, -0.2) is 22.8 Å². The smallest absolute Gasteiger partial charge is 0.237 e. The molecule has 0 spiro atoms. The zero-order valence-electron chi connectivity index (χ0n) is 14.7. The van der Waals surface area contributed by atoms with Crippen LogP contribution in [0, 0.1) is 0 Å². The van der Waals surface area contributed by atoms with Gasteiger partial charge in [-0.1, -0.05) is 24.3 Å². The van der Waals surface area contributed by atoms with Gasteiger partial charge in [-0.05, 0) is 42.9 Å². The number of nitrogens with one attached hydrogen (secondary N) is 1. The van der Waals surface area contributed by atoms with Gasteiger partial charge in [0.05, 0.1) is 10.9 Å². The Morgan fingerprint density at radius 3 is 3.00 bits per heavy atom. The van der Waals surface area contributed by atoms with E-state index in [0.717, 1.165) is 24.9 Å². The SMILES string of the molecule is COCc1nc2n(n1)CCCC2NS(=O)(=O)C1=Cc2ccccc2CC1. The fourth-order valence-corrected chi connectivity index (χ4v) is 4.98. The second kappa shape index (κ2) is 6.94. The number of hydrogen-bond donors (Lipinski definition) is 1. The molecule has 0 bridgehead atoms. The van der Waals surface area contributed by atoms with Gasteiger partial charge >= 0.3 is 0 Å². The van der Waals surface area contributed by atoms with Gasteiger partial charge in [-0.15, -0.1) is 0 Å². The van der Waals surface area contributed by atoms with E-state index < -0.39 is 10.0 Å². The summed E-state index contributed by atoms with van der Waals surface area (Å²) >= 11 is 0. The quantitative estimate of drug-likeness (QED) is 0.867. The Labute approximate surface area is 153 Å². The molecule has 0 saturated carbocycles. The molecule has 2 heterocycles. The summed E-state index contributed by atoms with van der Waals surface area (Å²) in [5.74, 6) is 1.25. The number of ether oxygens (including phenoxy) is 1. The molecular weight excluding hydrogens is 352 g/mol. The number of fused-ring (bicyclic) bond motifs is 2. The van der Waals surface area contributed by atoms with E-state index in [1.165, 1.54) is 5.56 Å². The average molecular weight is 374 g/mol. The number of methoxy groups -OCH3 is 1. The Kier molecular flexibility index (Phi) is 4.64. The van der Waals surface area contributed by atoms with Crippen LogP contribution in [0.4, 0.5) is 0 Å². The minimum Gasteiger partial charge on any atom is -0.377 e. The summed E-state index contributed by atoms with van der Waals surface area (Å²) in [6.45, 7) is 1.07. The first-order valence-corrected chi connectivity index (χ1v) is 10.3. The van der Waals surface area contributed by atoms with Crippen LogP contribution in [0.25, 0.3) is 6.08 Å². The summed E-state index contributed by atoms with van der Waals surface area (Å²) in [7, 11) is -1.98. The molecule has 1 unspecified atom stereocenters. The Hall–Kier alpha value is -2.03. The summed E-state index contributed by atoms with van der Waals surface area (Å²) in [4.78, 5) is 4.90. The molecule has 1 atom stereocenters. The molecule has 2 aromatic rings. The molecule has 0 fully saturated rings. The zero-order valence-corrected chi connectivity index (χ0v) is 15.5. The molecule has 4 rings (SSSR count). The molecule has 26 heavy (non-hydrogen) atoms. The molecule has 2 aliphatic rings. The number of allylic oxidation sites excluding steroid dienone is 1. The van der Waals surface area contributed by atoms with Gasteiger partial charge in [-0.2, -0.15) is 5.10 Å². The molecule has 7 nitrogen and oxygen atoms in total. The highest BCUT2D eigenvalue weighted by atomic mass is 32.2. The highest BCUT2D eigenvalue weighted by molar-refractivity contribution is 7.93. The lowest BCUT2D eigenvalue weighted by atomic mass is 9.98. The third kappa shape index (κ3) is 3.32. The van der Waals surface area contributed by atoms with Crippen molar-refractivity contribution >= 4 is 16.1 Å². The number of hydrogen-bond acceptors (Lipinski definition) is 5. The Morgan fingerprint density at radius 2 is 2.15 bits per heavy atom. The summed E-state index contributed by atoms with van der Waals surface area (Å²) in [6, 6.07) is 7.56. The lowest BCUT2D eigenvalue weighted by molar-refractivity contribution is 0.177. The van der Waals surface area contributed by atoms with Crippen LogP contribution >= 0.6 is 0 Å². The second-order valence-corrected chi connectivity index (χ2v) is 8.43. The van der Waals surface area contributed by atoms with E-state index in [2.05, 4.69) is 14.8 Å². The summed E-state index contributed by atoms with van der Waals surface area (Å²) in [6.07, 6.45) is 4.61. The van der Waals surface area contributed by atoms with E-state index in [1.807, 2.05) is 24.3 Å². The van der Waals surface area contributed by atoms with Gasteiger partial charge in [0, 0.05) is 13.7 Å². The monoisotopic (exact) mass is 374 g/mol. The van der Waals surface area contributed by atoms with Crippen molar-refractivity contribution in [2.24, 2.45) is 0 Å². The topological polar surface area (TPSA) is 86.1 Å². The molecule has 1 aromatic heterocycles. The van der Waals surface area contributed by atoms with E-state index in [9.17, 15) is 8.42 Å². The molecule has 0 radical (unpaired) electrons. The number of rotatable bonds is 5. The van der Waals surface area contributed by atoms with Crippen molar-refractivity contribution < 1.29 is 13.2 Å². The van der Waals surface area contributed by atoms with Gasteiger partial charge in [-0.3, -0.25) is 0 Å². The third-order valence-corrected chi connectivity index (χ3v) is 6.45. The lowest BCUT2D eigenvalue weighted by Crippen LogP contribution is -2.34. The minimum atomic E-state index is -3.57. The van der Waals surface area contributed by atoms with Gasteiger partial charge in [0.1, 0.15) is 12.4 Å². The fraction of sp³-hybridized carbons (Fsp3) is 0.444. The lowest BCUT2D eigenvalue weighted by Gasteiger charge is -2.24. The molecule has 1 aromatic carbocycles. The van der Waals surface area contributed by atoms with Crippen molar-refractivity contribution in [3.8, 4) is 0 Å². The van der Waals surface area contributed by atoms with Crippen molar-refractivity contribution in [2.75, 3.05) is 7.11 Å². The molecule has 0 saturated heterocycles. The van der Waals surface area contributed by atoms with Crippen molar-refractivity contribution in [3.05, 3.63) is 51.9 Å². The number of aromatic nitrogens is 3. The van der Waals surface area contributed by atoms with Crippen LogP contribution in [0.2, 0.25) is 0 Å². The van der Waals surface area contributed by atoms with Crippen LogP contribution in [-0.4, -0.2) is 30.3 Å². The molecule has 1 aliphatic heterocycles. The zero-order chi connectivity index (χ0) is 18.1. The van der Waals surface area contributed by atoms with Crippen LogP contribution < -0.4 is 4.72 Å². The Bertz CT molecular complexity index is 949. The summed E-state index contributed by atoms with van der Waals surface area (Å²) < 4.78 is 35.6. The highest BCUT2D eigenvalue weighted by Gasteiger charge is 2.30. The van der Waals surface area contributed by atoms with E-state index in [1.54, 1.807) is 17.9 Å². The van der Waals surface area contributed by atoms with Crippen LogP contribution in [0.3, 0.4) is 0 Å². The second-order valence-electron chi connectivity index (χ2n) is 6.67. The van der Waals surface area contributed by atoms with Gasteiger partial charge in [0.25, 0.3) is 0 Å². The van der Waals surface area contributed by atoms with Crippen LogP contribution in [-0.2, 0) is 34.3 Å². The standard InChI is InChI=1S/C18H22N4O3S/c1-25-12-17-19-18-16(7-4-10-22(18)20-17)21-26(23,24)15-9-8-13-5-2-3-6-14(13)11-15/h2-3,5-6,11,16,21H,4,7-10,12H2,1H3. The third-order valence-electron chi connectivity index (χ3n) is 4.85. The molecule has 0 amide bonds. The van der Waals surface area contributed by atoms with Crippen molar-refractivity contribution in [2.45, 2.75) is 44.9 Å². The molecular formula is C18H22N4O3S. The predicted octanol–water partition coefficient (Wildman–Crippen LogP) is 2.17. The van der Waals surface area contributed by atoms with E-state index >= 15 is 0 Å². The van der Waals surface area contributed by atoms with Crippen LogP contribution in [0.5, 0.6) is 0 Å². The first-order valence-electron chi connectivity index (χ1n) is 8.80. The van der Waals surface area contributed by atoms with Crippen molar-refractivity contribution in [1.82, 2.24) is 19.5 Å². The van der Waals surface area contributed by atoms with Gasteiger partial charge < -0.3 is 4.74 Å². The normalized spacial score (nSPS) is 19.6. The highest BCUT2D eigenvalue weighted by Crippen LogP contribution is 2.30. The number of aryl methyl sites for hydroxylation is 2. The number of benzene rings is 1. The van der Waals surface area contributed by atoms with Crippen LogP contribution in [0.1, 0.15) is 48.1 Å². The van der Waals surface area contributed by atoms with Crippen molar-refractivity contribution in [3.63, 3.8) is 0 Å². The molecule has 1 aliphatic carbocycles. The van der Waals surface area contributed by atoms with Gasteiger partial charge in [0.2, 0.25) is 10.0 Å². The van der Waals surface area contributed by atoms with Crippen molar-refractivity contribution in [1.29, 1.82) is 0 Å². The fourth-order valence-electron chi connectivity index (χ4n) is 3.58. The first kappa shape index (κ1) is 17.4. The predicted molar refractivity (Wildman–Crippen MR) is 97.5 cm³/mol. The maximum atomic E-state index is 12.9. The maximum absolute atomic E-state index is 12.9. The molecule has 8 heteroatoms. The van der Waals surface area contributed by atoms with E-state index in [-0.39, 0.29) is 6.04 Å². The average Bonchev–Trinajstić information content (AvgIpc) is 3.05. The Balaban J connectivity index is 1.59. The first-order chi connectivity index (χ1) is 12.6. The minimum absolute atomic E-state index is 0.321. The summed E-state index contributed by atoms with van der Waals surface area (Å²) in [5, 5.41) is 4.39. The van der Waals surface area contributed by atoms with Crippen LogP contribution in [0.15, 0.2) is 29.2 Å². The van der Waals surface area contributed by atoms with Gasteiger partial charge in [0.15, 0.2) is 5.82 Å². The Morgan fingerprint density at radius 1 is 1.31 bits per heavy atom. The van der Waals surface area contributed by atoms with E-state index in [0.29, 0.717) is 36.0 Å². The summed E-state index contributed by atoms with van der Waals surface area (Å²) in [5.41, 5.74) is 2.17. The number of nitrogens with zero attached hydrogens (tertiary/aromatic N) is 3. The molecule has 1 N–H and O–H groups in total. The molecule has 138 valence electrons. The largest absolute Gasteiger partial charge is 0.377 e. The van der Waals surface area contributed by atoms with E-state index in [4.69, 9.17) is 4.74 Å².